The summed E-state index contributed by atoms with van der Waals surface area (Å²) in [5, 5.41) is 3.16. The van der Waals surface area contributed by atoms with Crippen molar-refractivity contribution < 1.29 is 17.9 Å². The zero-order chi connectivity index (χ0) is 18.6. The summed E-state index contributed by atoms with van der Waals surface area (Å²) in [6.07, 6.45) is 0. The van der Waals surface area contributed by atoms with Gasteiger partial charge in [-0.1, -0.05) is 35.9 Å². The van der Waals surface area contributed by atoms with E-state index in [1.165, 1.54) is 4.31 Å². The highest BCUT2D eigenvalue weighted by atomic mass is 35.5. The average Bonchev–Trinajstić information content (AvgIpc) is 2.67. The van der Waals surface area contributed by atoms with Gasteiger partial charge in [0.15, 0.2) is 0 Å². The van der Waals surface area contributed by atoms with Crippen LogP contribution in [0, 0.1) is 0 Å². The maximum atomic E-state index is 12.6. The second-order valence-corrected chi connectivity index (χ2v) is 8.17. The molecule has 0 aromatic heterocycles. The normalized spacial score (nSPS) is 15.6. The Labute approximate surface area is 157 Å². The third-order valence-electron chi connectivity index (χ3n) is 4.10. The molecule has 26 heavy (non-hydrogen) atoms. The fraction of sp³-hybridized carbons (Fsp3) is 0.278. The molecule has 1 aliphatic heterocycles. The summed E-state index contributed by atoms with van der Waals surface area (Å²) in [5.41, 5.74) is 1.20. The Balaban J connectivity index is 1.64. The molecule has 0 aliphatic carbocycles. The molecule has 2 aromatic rings. The Morgan fingerprint density at radius 2 is 1.73 bits per heavy atom. The Kier molecular flexibility index (Phi) is 5.93. The van der Waals surface area contributed by atoms with Gasteiger partial charge in [0.1, 0.15) is 0 Å². The van der Waals surface area contributed by atoms with Crippen LogP contribution in [-0.2, 0) is 21.3 Å². The molecular formula is C18H19ClN2O4S. The first-order chi connectivity index (χ1) is 12.5. The number of halogens is 1. The van der Waals surface area contributed by atoms with Gasteiger partial charge in [-0.25, -0.2) is 8.42 Å². The van der Waals surface area contributed by atoms with Crippen LogP contribution in [0.5, 0.6) is 0 Å². The Bertz CT molecular complexity index is 878. The topological polar surface area (TPSA) is 75.7 Å². The highest BCUT2D eigenvalue weighted by Gasteiger charge is 2.26. The molecule has 1 fully saturated rings. The van der Waals surface area contributed by atoms with Crippen LogP contribution in [0.3, 0.4) is 0 Å². The standard InChI is InChI=1S/C18H19ClN2O4S/c19-17-4-2-1-3-16(17)18(22)20-13-14-5-7-15(8-6-14)26(23,24)21-9-11-25-12-10-21/h1-8H,9-13H2,(H,20,22). The zero-order valence-corrected chi connectivity index (χ0v) is 15.6. The smallest absolute Gasteiger partial charge is 0.253 e. The van der Waals surface area contributed by atoms with Crippen LogP contribution < -0.4 is 5.32 Å². The largest absolute Gasteiger partial charge is 0.379 e. The molecule has 0 atom stereocenters. The molecule has 1 heterocycles. The zero-order valence-electron chi connectivity index (χ0n) is 14.0. The monoisotopic (exact) mass is 394 g/mol. The number of nitrogens with zero attached hydrogens (tertiary/aromatic N) is 1. The van der Waals surface area contributed by atoms with Crippen molar-refractivity contribution >= 4 is 27.5 Å². The molecular weight excluding hydrogens is 376 g/mol. The fourth-order valence-electron chi connectivity index (χ4n) is 2.64. The molecule has 0 bridgehead atoms. The Morgan fingerprint density at radius 1 is 1.08 bits per heavy atom. The summed E-state index contributed by atoms with van der Waals surface area (Å²) in [7, 11) is -3.51. The van der Waals surface area contributed by atoms with Gasteiger partial charge in [-0.2, -0.15) is 4.31 Å². The molecule has 1 aliphatic rings. The molecule has 1 saturated heterocycles. The number of ether oxygens (including phenoxy) is 1. The van der Waals surface area contributed by atoms with Gasteiger partial charge in [0.25, 0.3) is 5.91 Å². The third kappa shape index (κ3) is 4.24. The highest BCUT2D eigenvalue weighted by molar-refractivity contribution is 7.89. The summed E-state index contributed by atoms with van der Waals surface area (Å²) < 4.78 is 31.8. The van der Waals surface area contributed by atoms with E-state index in [0.29, 0.717) is 36.9 Å². The number of morpholine rings is 1. The molecule has 0 radical (unpaired) electrons. The highest BCUT2D eigenvalue weighted by Crippen LogP contribution is 2.18. The molecule has 0 saturated carbocycles. The van der Waals surface area contributed by atoms with E-state index < -0.39 is 10.0 Å². The minimum atomic E-state index is -3.51. The SMILES string of the molecule is O=C(NCc1ccc(S(=O)(=O)N2CCOCC2)cc1)c1ccccc1Cl. The molecule has 6 nitrogen and oxygen atoms in total. The van der Waals surface area contributed by atoms with Crippen LogP contribution in [0.4, 0.5) is 0 Å². The van der Waals surface area contributed by atoms with Gasteiger partial charge in [-0.05, 0) is 29.8 Å². The van der Waals surface area contributed by atoms with Crippen molar-refractivity contribution in [2.75, 3.05) is 26.3 Å². The van der Waals surface area contributed by atoms with E-state index in [2.05, 4.69) is 5.32 Å². The van der Waals surface area contributed by atoms with E-state index in [0.717, 1.165) is 5.56 Å². The summed E-state index contributed by atoms with van der Waals surface area (Å²) >= 11 is 6.00. The minimum absolute atomic E-state index is 0.237. The summed E-state index contributed by atoms with van der Waals surface area (Å²) in [6, 6.07) is 13.3. The first-order valence-electron chi connectivity index (χ1n) is 8.18. The third-order valence-corrected chi connectivity index (χ3v) is 6.35. The molecule has 138 valence electrons. The number of nitrogens with one attached hydrogen (secondary N) is 1. The van der Waals surface area contributed by atoms with Crippen LogP contribution in [0.15, 0.2) is 53.4 Å². The first-order valence-corrected chi connectivity index (χ1v) is 10.00. The number of hydrogen-bond donors (Lipinski definition) is 1. The van der Waals surface area contributed by atoms with Crippen LogP contribution in [0.1, 0.15) is 15.9 Å². The quantitative estimate of drug-likeness (QED) is 0.844. The van der Waals surface area contributed by atoms with Gasteiger partial charge in [0.05, 0.1) is 28.7 Å². The molecule has 8 heteroatoms. The number of rotatable bonds is 5. The predicted octanol–water partition coefficient (Wildman–Crippen LogP) is 2.29. The van der Waals surface area contributed by atoms with Gasteiger partial charge in [-0.3, -0.25) is 4.79 Å². The minimum Gasteiger partial charge on any atom is -0.379 e. The van der Waals surface area contributed by atoms with Crippen molar-refractivity contribution in [3.05, 3.63) is 64.7 Å². The number of sulfonamides is 1. The molecule has 0 unspecified atom stereocenters. The first kappa shape index (κ1) is 18.8. The maximum Gasteiger partial charge on any atom is 0.253 e. The lowest BCUT2D eigenvalue weighted by Crippen LogP contribution is -2.40. The van der Waals surface area contributed by atoms with E-state index in [-0.39, 0.29) is 17.3 Å². The number of benzene rings is 2. The fourth-order valence-corrected chi connectivity index (χ4v) is 4.27. The molecule has 1 N–H and O–H groups in total. The summed E-state index contributed by atoms with van der Waals surface area (Å²) in [5.74, 6) is -0.277. The van der Waals surface area contributed by atoms with E-state index in [1.807, 2.05) is 0 Å². The Hall–Kier alpha value is -1.93. The van der Waals surface area contributed by atoms with Crippen molar-refractivity contribution in [3.8, 4) is 0 Å². The van der Waals surface area contributed by atoms with Crippen molar-refractivity contribution in [2.45, 2.75) is 11.4 Å². The molecule has 0 spiro atoms. The van der Waals surface area contributed by atoms with Crippen LogP contribution in [-0.4, -0.2) is 44.9 Å². The van der Waals surface area contributed by atoms with E-state index in [1.54, 1.807) is 48.5 Å². The van der Waals surface area contributed by atoms with Gasteiger partial charge in [0, 0.05) is 19.6 Å². The maximum absolute atomic E-state index is 12.6. The van der Waals surface area contributed by atoms with Crippen LogP contribution >= 0.6 is 11.6 Å². The van der Waals surface area contributed by atoms with E-state index in [4.69, 9.17) is 16.3 Å². The number of carbonyl (C=O) groups is 1. The van der Waals surface area contributed by atoms with Crippen LogP contribution in [0.2, 0.25) is 5.02 Å². The lowest BCUT2D eigenvalue weighted by molar-refractivity contribution is 0.0730. The molecule has 1 amide bonds. The lowest BCUT2D eigenvalue weighted by atomic mass is 10.2. The van der Waals surface area contributed by atoms with E-state index >= 15 is 0 Å². The summed E-state index contributed by atoms with van der Waals surface area (Å²) in [6.45, 7) is 1.81. The second-order valence-electron chi connectivity index (χ2n) is 5.82. The molecule has 2 aromatic carbocycles. The van der Waals surface area contributed by atoms with Gasteiger partial charge < -0.3 is 10.1 Å². The van der Waals surface area contributed by atoms with Crippen LogP contribution in [0.25, 0.3) is 0 Å². The number of hydrogen-bond acceptors (Lipinski definition) is 4. The van der Waals surface area contributed by atoms with Crippen molar-refractivity contribution in [1.82, 2.24) is 9.62 Å². The van der Waals surface area contributed by atoms with Gasteiger partial charge in [0.2, 0.25) is 10.0 Å². The molecule has 3 rings (SSSR count). The number of carbonyl (C=O) groups excluding carboxylic acids is 1. The van der Waals surface area contributed by atoms with Crippen molar-refractivity contribution in [3.63, 3.8) is 0 Å². The Morgan fingerprint density at radius 3 is 2.38 bits per heavy atom. The van der Waals surface area contributed by atoms with Crippen molar-refractivity contribution in [1.29, 1.82) is 0 Å². The average molecular weight is 395 g/mol. The number of amides is 1. The summed E-state index contributed by atoms with van der Waals surface area (Å²) in [4.78, 5) is 12.4. The second kappa shape index (κ2) is 8.18. The van der Waals surface area contributed by atoms with E-state index in [9.17, 15) is 13.2 Å². The lowest BCUT2D eigenvalue weighted by Gasteiger charge is -2.26. The van der Waals surface area contributed by atoms with Gasteiger partial charge in [-0.15, -0.1) is 0 Å². The van der Waals surface area contributed by atoms with Crippen molar-refractivity contribution in [2.24, 2.45) is 0 Å². The predicted molar refractivity (Wildman–Crippen MR) is 98.6 cm³/mol. The van der Waals surface area contributed by atoms with Gasteiger partial charge >= 0.3 is 0 Å².